The Morgan fingerprint density at radius 1 is 1.17 bits per heavy atom. The van der Waals surface area contributed by atoms with Gasteiger partial charge in [-0.15, -0.1) is 0 Å². The summed E-state index contributed by atoms with van der Waals surface area (Å²) in [6, 6.07) is 3.60. The lowest BCUT2D eigenvalue weighted by molar-refractivity contribution is 0.571. The summed E-state index contributed by atoms with van der Waals surface area (Å²) in [7, 11) is 0. The van der Waals surface area contributed by atoms with Crippen molar-refractivity contribution in [2.45, 2.75) is 32.6 Å². The van der Waals surface area contributed by atoms with Gasteiger partial charge in [-0.25, -0.2) is 13.5 Å². The van der Waals surface area contributed by atoms with Crippen LogP contribution in [0.5, 0.6) is 0 Å². The molecule has 0 radical (unpaired) electrons. The van der Waals surface area contributed by atoms with Crippen LogP contribution in [0.4, 0.5) is 8.78 Å². The molecule has 2 aromatic rings. The molecule has 0 bridgehead atoms. The van der Waals surface area contributed by atoms with Gasteiger partial charge < -0.3 is 0 Å². The third-order valence-electron chi connectivity index (χ3n) is 3.55. The van der Waals surface area contributed by atoms with Crippen LogP contribution in [0.15, 0.2) is 18.2 Å². The molecule has 3 rings (SSSR count). The molecule has 0 fully saturated rings. The van der Waals surface area contributed by atoms with Crippen LogP contribution in [0, 0.1) is 18.6 Å². The maximum Gasteiger partial charge on any atom is 0.151 e. The van der Waals surface area contributed by atoms with Gasteiger partial charge in [0.15, 0.2) is 5.82 Å². The zero-order valence-corrected chi connectivity index (χ0v) is 10.2. The summed E-state index contributed by atoms with van der Waals surface area (Å²) in [6.45, 7) is 1.94. The third-order valence-corrected chi connectivity index (χ3v) is 3.55. The smallest absolute Gasteiger partial charge is 0.151 e. The van der Waals surface area contributed by atoms with E-state index in [1.54, 1.807) is 4.68 Å². The molecule has 1 aliphatic rings. The Morgan fingerprint density at radius 2 is 1.94 bits per heavy atom. The molecule has 1 aromatic carbocycles. The van der Waals surface area contributed by atoms with Crippen molar-refractivity contribution in [3.05, 3.63) is 46.8 Å². The van der Waals surface area contributed by atoms with Crippen LogP contribution in [0.25, 0.3) is 5.69 Å². The summed E-state index contributed by atoms with van der Waals surface area (Å²) in [5, 5.41) is 4.47. The maximum absolute atomic E-state index is 13.8. The van der Waals surface area contributed by atoms with Crippen molar-refractivity contribution >= 4 is 0 Å². The fourth-order valence-electron chi connectivity index (χ4n) is 2.60. The van der Waals surface area contributed by atoms with Crippen molar-refractivity contribution in [3.8, 4) is 5.69 Å². The molecular weight excluding hydrogens is 234 g/mol. The van der Waals surface area contributed by atoms with Crippen LogP contribution in [0.1, 0.15) is 29.8 Å². The van der Waals surface area contributed by atoms with Gasteiger partial charge in [0.1, 0.15) is 11.5 Å². The van der Waals surface area contributed by atoms with E-state index in [1.165, 1.54) is 17.7 Å². The Bertz CT molecular complexity index is 602. The molecule has 1 heterocycles. The van der Waals surface area contributed by atoms with Crippen molar-refractivity contribution in [1.82, 2.24) is 9.78 Å². The van der Waals surface area contributed by atoms with Crippen molar-refractivity contribution in [2.75, 3.05) is 0 Å². The Balaban J connectivity index is 2.14. The van der Waals surface area contributed by atoms with E-state index in [4.69, 9.17) is 0 Å². The summed E-state index contributed by atoms with van der Waals surface area (Å²) in [4.78, 5) is 0. The lowest BCUT2D eigenvalue weighted by Crippen LogP contribution is -2.02. The van der Waals surface area contributed by atoms with E-state index in [2.05, 4.69) is 5.10 Å². The number of aryl methyl sites for hydroxylation is 1. The molecule has 0 saturated carbocycles. The summed E-state index contributed by atoms with van der Waals surface area (Å²) in [5.41, 5.74) is 3.57. The number of rotatable bonds is 1. The van der Waals surface area contributed by atoms with Crippen LogP contribution in [0.2, 0.25) is 0 Å². The van der Waals surface area contributed by atoms with Gasteiger partial charge in [-0.3, -0.25) is 0 Å². The van der Waals surface area contributed by atoms with Gasteiger partial charge in [-0.1, -0.05) is 0 Å². The van der Waals surface area contributed by atoms with Crippen molar-refractivity contribution < 1.29 is 8.78 Å². The second kappa shape index (κ2) is 4.19. The SMILES string of the molecule is Cc1c2c(nn1-c1ccc(F)cc1F)CCCC2. The first-order chi connectivity index (χ1) is 8.66. The third kappa shape index (κ3) is 1.72. The monoisotopic (exact) mass is 248 g/mol. The minimum atomic E-state index is -0.571. The maximum atomic E-state index is 13.8. The quantitative estimate of drug-likeness (QED) is 0.756. The van der Waals surface area contributed by atoms with Crippen LogP contribution in [-0.4, -0.2) is 9.78 Å². The van der Waals surface area contributed by atoms with E-state index in [0.717, 1.165) is 43.1 Å². The Kier molecular flexibility index (Phi) is 2.65. The highest BCUT2D eigenvalue weighted by Gasteiger charge is 2.19. The first-order valence-electron chi connectivity index (χ1n) is 6.19. The number of hydrogen-bond donors (Lipinski definition) is 0. The minimum absolute atomic E-state index is 0.322. The second-order valence-electron chi connectivity index (χ2n) is 4.73. The lowest BCUT2D eigenvalue weighted by atomic mass is 9.96. The Morgan fingerprint density at radius 3 is 2.67 bits per heavy atom. The van der Waals surface area contributed by atoms with Gasteiger partial charge >= 0.3 is 0 Å². The zero-order valence-electron chi connectivity index (χ0n) is 10.2. The topological polar surface area (TPSA) is 17.8 Å². The summed E-state index contributed by atoms with van der Waals surface area (Å²) in [5.74, 6) is -1.14. The molecule has 0 N–H and O–H groups in total. The highest BCUT2D eigenvalue weighted by molar-refractivity contribution is 5.39. The molecule has 4 heteroatoms. The van der Waals surface area contributed by atoms with E-state index in [-0.39, 0.29) is 0 Å². The molecule has 0 saturated heterocycles. The summed E-state index contributed by atoms with van der Waals surface area (Å²) >= 11 is 0. The molecule has 0 amide bonds. The molecule has 2 nitrogen and oxygen atoms in total. The van der Waals surface area contributed by atoms with Crippen molar-refractivity contribution in [3.63, 3.8) is 0 Å². The van der Waals surface area contributed by atoms with E-state index < -0.39 is 11.6 Å². The molecule has 0 spiro atoms. The summed E-state index contributed by atoms with van der Waals surface area (Å²) in [6.07, 6.45) is 4.25. The van der Waals surface area contributed by atoms with Gasteiger partial charge in [0.05, 0.1) is 5.69 Å². The second-order valence-corrected chi connectivity index (χ2v) is 4.73. The Labute approximate surface area is 104 Å². The number of aromatic nitrogens is 2. The average molecular weight is 248 g/mol. The predicted molar refractivity (Wildman–Crippen MR) is 64.9 cm³/mol. The number of halogens is 2. The molecule has 1 aromatic heterocycles. The fraction of sp³-hybridized carbons (Fsp3) is 0.357. The average Bonchev–Trinajstić information content (AvgIpc) is 2.68. The van der Waals surface area contributed by atoms with Crippen LogP contribution < -0.4 is 0 Å². The standard InChI is InChI=1S/C14H14F2N2/c1-9-11-4-2-3-5-13(11)17-18(9)14-7-6-10(15)8-12(14)16/h6-8H,2-5H2,1H3. The number of hydrogen-bond acceptors (Lipinski definition) is 1. The number of fused-ring (bicyclic) bond motifs is 1. The molecular formula is C14H14F2N2. The highest BCUT2D eigenvalue weighted by Crippen LogP contribution is 2.26. The molecule has 0 atom stereocenters. The number of benzene rings is 1. The molecule has 18 heavy (non-hydrogen) atoms. The van der Waals surface area contributed by atoms with E-state index >= 15 is 0 Å². The molecule has 0 aliphatic heterocycles. The van der Waals surface area contributed by atoms with Crippen LogP contribution in [-0.2, 0) is 12.8 Å². The lowest BCUT2D eigenvalue weighted by Gasteiger charge is -2.09. The largest absolute Gasteiger partial charge is 0.235 e. The zero-order chi connectivity index (χ0) is 12.7. The number of nitrogens with zero attached hydrogens (tertiary/aromatic N) is 2. The normalized spacial score (nSPS) is 14.6. The van der Waals surface area contributed by atoms with Crippen LogP contribution in [0.3, 0.4) is 0 Å². The molecule has 0 unspecified atom stereocenters. The molecule has 94 valence electrons. The van der Waals surface area contributed by atoms with Crippen LogP contribution >= 0.6 is 0 Å². The fourth-order valence-corrected chi connectivity index (χ4v) is 2.60. The summed E-state index contributed by atoms with van der Waals surface area (Å²) < 4.78 is 28.3. The van der Waals surface area contributed by atoms with E-state index in [1.807, 2.05) is 6.92 Å². The van der Waals surface area contributed by atoms with Gasteiger partial charge in [0, 0.05) is 11.8 Å². The van der Waals surface area contributed by atoms with E-state index in [0.29, 0.717) is 5.69 Å². The highest BCUT2D eigenvalue weighted by atomic mass is 19.1. The first kappa shape index (κ1) is 11.4. The molecule has 1 aliphatic carbocycles. The van der Waals surface area contributed by atoms with Crippen molar-refractivity contribution in [2.24, 2.45) is 0 Å². The van der Waals surface area contributed by atoms with Gasteiger partial charge in [-0.05, 0) is 50.3 Å². The Hall–Kier alpha value is -1.71. The van der Waals surface area contributed by atoms with Gasteiger partial charge in [-0.2, -0.15) is 5.10 Å². The van der Waals surface area contributed by atoms with Gasteiger partial charge in [0.2, 0.25) is 0 Å². The van der Waals surface area contributed by atoms with Gasteiger partial charge in [0.25, 0.3) is 0 Å². The minimum Gasteiger partial charge on any atom is -0.235 e. The van der Waals surface area contributed by atoms with Crippen molar-refractivity contribution in [1.29, 1.82) is 0 Å². The predicted octanol–water partition coefficient (Wildman–Crippen LogP) is 3.34. The van der Waals surface area contributed by atoms with E-state index in [9.17, 15) is 8.78 Å². The first-order valence-corrected chi connectivity index (χ1v) is 6.19.